The van der Waals surface area contributed by atoms with Crippen molar-refractivity contribution in [3.63, 3.8) is 0 Å². The second-order valence-corrected chi connectivity index (χ2v) is 3.34. The molecule has 0 aromatic carbocycles. The van der Waals surface area contributed by atoms with Gasteiger partial charge in [0.25, 0.3) is 0 Å². The number of nitrogens with zero attached hydrogens (tertiary/aromatic N) is 1. The van der Waals surface area contributed by atoms with Gasteiger partial charge in [0, 0.05) is 13.1 Å². The SMILES string of the molecule is CCCN1CCC(F)(CO)C1. The Hall–Kier alpha value is -0.150. The summed E-state index contributed by atoms with van der Waals surface area (Å²) in [5.41, 5.74) is -1.31. The molecule has 1 fully saturated rings. The molecule has 0 aliphatic carbocycles. The molecule has 1 N–H and O–H groups in total. The van der Waals surface area contributed by atoms with Gasteiger partial charge in [0.15, 0.2) is 0 Å². The number of halogens is 1. The van der Waals surface area contributed by atoms with E-state index in [0.717, 1.165) is 19.5 Å². The van der Waals surface area contributed by atoms with Crippen LogP contribution >= 0.6 is 0 Å². The Morgan fingerprint density at radius 3 is 2.82 bits per heavy atom. The van der Waals surface area contributed by atoms with Gasteiger partial charge in [-0.15, -0.1) is 0 Å². The summed E-state index contributed by atoms with van der Waals surface area (Å²) in [5, 5.41) is 8.71. The Balaban J connectivity index is 2.33. The fourth-order valence-corrected chi connectivity index (χ4v) is 1.55. The van der Waals surface area contributed by atoms with Gasteiger partial charge in [-0.2, -0.15) is 0 Å². The maximum atomic E-state index is 13.3. The van der Waals surface area contributed by atoms with E-state index >= 15 is 0 Å². The van der Waals surface area contributed by atoms with Crippen LogP contribution in [0.5, 0.6) is 0 Å². The van der Waals surface area contributed by atoms with E-state index in [4.69, 9.17) is 5.11 Å². The number of hydrogen-bond acceptors (Lipinski definition) is 2. The molecular formula is C8H16FNO. The van der Waals surface area contributed by atoms with Gasteiger partial charge in [-0.05, 0) is 19.4 Å². The zero-order valence-corrected chi connectivity index (χ0v) is 7.02. The highest BCUT2D eigenvalue weighted by molar-refractivity contribution is 4.89. The van der Waals surface area contributed by atoms with Crippen LogP contribution in [0.2, 0.25) is 0 Å². The summed E-state index contributed by atoms with van der Waals surface area (Å²) in [4.78, 5) is 2.07. The minimum absolute atomic E-state index is 0.326. The van der Waals surface area contributed by atoms with E-state index in [1.54, 1.807) is 0 Å². The molecule has 0 bridgehead atoms. The summed E-state index contributed by atoms with van der Waals surface area (Å²) in [6.07, 6.45) is 1.55. The molecule has 0 aromatic heterocycles. The van der Waals surface area contributed by atoms with Crippen molar-refractivity contribution in [2.75, 3.05) is 26.2 Å². The predicted octanol–water partition coefficient (Wildman–Crippen LogP) is 0.803. The van der Waals surface area contributed by atoms with Gasteiger partial charge >= 0.3 is 0 Å². The second-order valence-electron chi connectivity index (χ2n) is 3.34. The lowest BCUT2D eigenvalue weighted by Gasteiger charge is -2.17. The molecular weight excluding hydrogens is 145 g/mol. The molecule has 1 aliphatic heterocycles. The maximum Gasteiger partial charge on any atom is 0.147 e. The molecule has 1 aliphatic rings. The van der Waals surface area contributed by atoms with Crippen LogP contribution in [0.15, 0.2) is 0 Å². The number of hydrogen-bond donors (Lipinski definition) is 1. The van der Waals surface area contributed by atoms with Crippen molar-refractivity contribution in [1.82, 2.24) is 4.90 Å². The molecule has 1 rings (SSSR count). The summed E-state index contributed by atoms with van der Waals surface area (Å²) in [5.74, 6) is 0. The van der Waals surface area contributed by atoms with E-state index in [2.05, 4.69) is 11.8 Å². The van der Waals surface area contributed by atoms with Crippen LogP contribution in [-0.2, 0) is 0 Å². The predicted molar refractivity (Wildman–Crippen MR) is 42.3 cm³/mol. The molecule has 1 unspecified atom stereocenters. The van der Waals surface area contributed by atoms with Crippen LogP contribution < -0.4 is 0 Å². The highest BCUT2D eigenvalue weighted by Crippen LogP contribution is 2.24. The van der Waals surface area contributed by atoms with E-state index < -0.39 is 5.67 Å². The van der Waals surface area contributed by atoms with Gasteiger partial charge < -0.3 is 5.11 Å². The fourth-order valence-electron chi connectivity index (χ4n) is 1.55. The van der Waals surface area contributed by atoms with Crippen LogP contribution in [0.25, 0.3) is 0 Å². The first-order valence-corrected chi connectivity index (χ1v) is 4.22. The smallest absolute Gasteiger partial charge is 0.147 e. The molecule has 3 heteroatoms. The zero-order valence-electron chi connectivity index (χ0n) is 7.02. The molecule has 0 aromatic rings. The van der Waals surface area contributed by atoms with Crippen LogP contribution in [-0.4, -0.2) is 41.9 Å². The third kappa shape index (κ3) is 2.14. The lowest BCUT2D eigenvalue weighted by atomic mass is 10.1. The first kappa shape index (κ1) is 8.94. The average Bonchev–Trinajstić information content (AvgIpc) is 2.35. The number of rotatable bonds is 3. The molecule has 2 nitrogen and oxygen atoms in total. The number of alkyl halides is 1. The average molecular weight is 161 g/mol. The van der Waals surface area contributed by atoms with Crippen molar-refractivity contribution < 1.29 is 9.50 Å². The standard InChI is InChI=1S/C8H16FNO/c1-2-4-10-5-3-8(9,6-10)7-11/h11H,2-7H2,1H3. The molecule has 0 radical (unpaired) electrons. The van der Waals surface area contributed by atoms with Crippen LogP contribution in [0.3, 0.4) is 0 Å². The Morgan fingerprint density at radius 1 is 1.64 bits per heavy atom. The van der Waals surface area contributed by atoms with Crippen molar-refractivity contribution in [3.05, 3.63) is 0 Å². The minimum atomic E-state index is -1.31. The van der Waals surface area contributed by atoms with Crippen LogP contribution in [0, 0.1) is 0 Å². The largest absolute Gasteiger partial charge is 0.393 e. The summed E-state index contributed by atoms with van der Waals surface area (Å²) >= 11 is 0. The Bertz CT molecular complexity index is 131. The normalized spacial score (nSPS) is 33.0. The van der Waals surface area contributed by atoms with Crippen molar-refractivity contribution in [1.29, 1.82) is 0 Å². The van der Waals surface area contributed by atoms with E-state index in [0.29, 0.717) is 13.0 Å². The Labute approximate surface area is 67.0 Å². The van der Waals surface area contributed by atoms with Crippen LogP contribution in [0.1, 0.15) is 19.8 Å². The maximum absolute atomic E-state index is 13.3. The van der Waals surface area contributed by atoms with E-state index in [9.17, 15) is 4.39 Å². The summed E-state index contributed by atoms with van der Waals surface area (Å²) in [7, 11) is 0. The first-order chi connectivity index (χ1) is 5.20. The molecule has 0 saturated carbocycles. The van der Waals surface area contributed by atoms with Crippen LogP contribution in [0.4, 0.5) is 4.39 Å². The summed E-state index contributed by atoms with van der Waals surface area (Å²) in [6, 6.07) is 0. The highest BCUT2D eigenvalue weighted by Gasteiger charge is 2.36. The van der Waals surface area contributed by atoms with E-state index in [-0.39, 0.29) is 6.61 Å². The van der Waals surface area contributed by atoms with Crippen molar-refractivity contribution >= 4 is 0 Å². The molecule has 0 amide bonds. The topological polar surface area (TPSA) is 23.5 Å². The lowest BCUT2D eigenvalue weighted by Crippen LogP contribution is -2.32. The third-order valence-corrected chi connectivity index (χ3v) is 2.21. The quantitative estimate of drug-likeness (QED) is 0.662. The van der Waals surface area contributed by atoms with Crippen molar-refractivity contribution in [2.45, 2.75) is 25.4 Å². The van der Waals surface area contributed by atoms with Gasteiger partial charge in [-0.25, -0.2) is 4.39 Å². The second kappa shape index (κ2) is 3.50. The molecule has 1 atom stereocenters. The molecule has 11 heavy (non-hydrogen) atoms. The first-order valence-electron chi connectivity index (χ1n) is 4.22. The Kier molecular flexibility index (Phi) is 2.84. The summed E-state index contributed by atoms with van der Waals surface area (Å²) in [6.45, 7) is 3.91. The summed E-state index contributed by atoms with van der Waals surface area (Å²) < 4.78 is 13.3. The van der Waals surface area contributed by atoms with E-state index in [1.165, 1.54) is 0 Å². The Morgan fingerprint density at radius 2 is 2.36 bits per heavy atom. The molecule has 0 spiro atoms. The number of aliphatic hydroxyl groups excluding tert-OH is 1. The monoisotopic (exact) mass is 161 g/mol. The van der Waals surface area contributed by atoms with Gasteiger partial charge in [-0.1, -0.05) is 6.92 Å². The fraction of sp³-hybridized carbons (Fsp3) is 1.00. The third-order valence-electron chi connectivity index (χ3n) is 2.21. The molecule has 66 valence electrons. The van der Waals surface area contributed by atoms with Gasteiger partial charge in [0.2, 0.25) is 0 Å². The van der Waals surface area contributed by atoms with Gasteiger partial charge in [0.1, 0.15) is 5.67 Å². The number of likely N-dealkylation sites (tertiary alicyclic amines) is 1. The van der Waals surface area contributed by atoms with Gasteiger partial charge in [-0.3, -0.25) is 4.90 Å². The van der Waals surface area contributed by atoms with Gasteiger partial charge in [0.05, 0.1) is 6.61 Å². The zero-order chi connectivity index (χ0) is 8.32. The highest BCUT2D eigenvalue weighted by atomic mass is 19.1. The lowest BCUT2D eigenvalue weighted by molar-refractivity contribution is 0.0778. The molecule has 1 heterocycles. The van der Waals surface area contributed by atoms with Crippen molar-refractivity contribution in [2.24, 2.45) is 0 Å². The number of aliphatic hydroxyl groups is 1. The minimum Gasteiger partial charge on any atom is -0.393 e. The van der Waals surface area contributed by atoms with E-state index in [1.807, 2.05) is 0 Å². The van der Waals surface area contributed by atoms with Crippen molar-refractivity contribution in [3.8, 4) is 0 Å². The molecule has 1 saturated heterocycles.